The first kappa shape index (κ1) is 11.9. The fourth-order valence-electron chi connectivity index (χ4n) is 2.49. The number of hydrogen-bond acceptors (Lipinski definition) is 4. The number of rotatable bonds is 1. The minimum absolute atomic E-state index is 0.181. The Morgan fingerprint density at radius 1 is 1.35 bits per heavy atom. The van der Waals surface area contributed by atoms with Gasteiger partial charge in [-0.1, -0.05) is 0 Å². The summed E-state index contributed by atoms with van der Waals surface area (Å²) >= 11 is 0. The molecule has 0 aromatic carbocycles. The van der Waals surface area contributed by atoms with E-state index in [1.54, 1.807) is 4.68 Å². The first-order valence-electron chi connectivity index (χ1n) is 5.87. The van der Waals surface area contributed by atoms with Gasteiger partial charge in [0.25, 0.3) is 0 Å². The molecule has 1 aromatic rings. The van der Waals surface area contributed by atoms with E-state index >= 15 is 0 Å². The topological polar surface area (TPSA) is 54.1 Å². The lowest BCUT2D eigenvalue weighted by Crippen LogP contribution is -2.46. The average Bonchev–Trinajstić information content (AvgIpc) is 2.51. The van der Waals surface area contributed by atoms with Crippen LogP contribution in [-0.4, -0.2) is 35.1 Å². The van der Waals surface area contributed by atoms with Crippen molar-refractivity contribution in [3.8, 4) is 6.07 Å². The highest BCUT2D eigenvalue weighted by Crippen LogP contribution is 2.25. The number of ether oxygens (including phenoxy) is 1. The van der Waals surface area contributed by atoms with Gasteiger partial charge in [-0.3, -0.25) is 4.68 Å². The molecule has 5 heteroatoms. The van der Waals surface area contributed by atoms with Gasteiger partial charge in [0.2, 0.25) is 0 Å². The van der Waals surface area contributed by atoms with Gasteiger partial charge in [0.05, 0.1) is 17.9 Å². The lowest BCUT2D eigenvalue weighted by molar-refractivity contribution is -0.00566. The van der Waals surface area contributed by atoms with Crippen LogP contribution in [0.2, 0.25) is 0 Å². The van der Waals surface area contributed by atoms with Crippen LogP contribution in [0.4, 0.5) is 5.82 Å². The maximum absolute atomic E-state index is 9.21. The third kappa shape index (κ3) is 2.13. The van der Waals surface area contributed by atoms with E-state index in [4.69, 9.17) is 4.74 Å². The highest BCUT2D eigenvalue weighted by Gasteiger charge is 2.27. The van der Waals surface area contributed by atoms with E-state index in [2.05, 4.69) is 29.9 Å². The molecule has 1 aliphatic heterocycles. The van der Waals surface area contributed by atoms with E-state index in [0.717, 1.165) is 24.6 Å². The fraction of sp³-hybridized carbons (Fsp3) is 0.667. The largest absolute Gasteiger partial charge is 0.372 e. The Morgan fingerprint density at radius 3 is 2.47 bits per heavy atom. The molecule has 0 radical (unpaired) electrons. The maximum Gasteiger partial charge on any atom is 0.145 e. The summed E-state index contributed by atoms with van der Waals surface area (Å²) in [5.41, 5.74) is 1.46. The van der Waals surface area contributed by atoms with Crippen LogP contribution in [-0.2, 0) is 11.8 Å². The summed E-state index contributed by atoms with van der Waals surface area (Å²) in [5, 5.41) is 13.5. The Kier molecular flexibility index (Phi) is 3.07. The Hall–Kier alpha value is -1.54. The molecule has 1 aliphatic rings. The lowest BCUT2D eigenvalue weighted by atomic mass is 10.2. The molecule has 2 heterocycles. The van der Waals surface area contributed by atoms with Crippen molar-refractivity contribution in [3.63, 3.8) is 0 Å². The molecule has 2 unspecified atom stereocenters. The highest BCUT2D eigenvalue weighted by atomic mass is 16.5. The molecular weight excluding hydrogens is 216 g/mol. The van der Waals surface area contributed by atoms with Gasteiger partial charge in [0, 0.05) is 20.1 Å². The van der Waals surface area contributed by atoms with Crippen LogP contribution in [0.3, 0.4) is 0 Å². The number of anilines is 1. The Bertz CT molecular complexity index is 450. The molecule has 0 N–H and O–H groups in total. The lowest BCUT2D eigenvalue weighted by Gasteiger charge is -2.36. The number of morpholine rings is 1. The van der Waals surface area contributed by atoms with E-state index in [1.165, 1.54) is 0 Å². The molecule has 5 nitrogen and oxygen atoms in total. The van der Waals surface area contributed by atoms with Crippen LogP contribution in [0.1, 0.15) is 25.1 Å². The Morgan fingerprint density at radius 2 is 1.94 bits per heavy atom. The van der Waals surface area contributed by atoms with Crippen LogP contribution < -0.4 is 4.90 Å². The monoisotopic (exact) mass is 234 g/mol. The number of hydrogen-bond donors (Lipinski definition) is 0. The fourth-order valence-corrected chi connectivity index (χ4v) is 2.49. The summed E-state index contributed by atoms with van der Waals surface area (Å²) in [4.78, 5) is 2.19. The van der Waals surface area contributed by atoms with Gasteiger partial charge in [0.15, 0.2) is 0 Å². The predicted molar refractivity (Wildman–Crippen MR) is 64.9 cm³/mol. The molecule has 92 valence electrons. The first-order chi connectivity index (χ1) is 8.02. The van der Waals surface area contributed by atoms with Gasteiger partial charge >= 0.3 is 0 Å². The van der Waals surface area contributed by atoms with Gasteiger partial charge < -0.3 is 9.64 Å². The van der Waals surface area contributed by atoms with Crippen molar-refractivity contribution in [3.05, 3.63) is 11.3 Å². The third-order valence-electron chi connectivity index (χ3n) is 3.02. The van der Waals surface area contributed by atoms with Crippen molar-refractivity contribution in [1.82, 2.24) is 9.78 Å². The van der Waals surface area contributed by atoms with Crippen LogP contribution in [0, 0.1) is 18.3 Å². The van der Waals surface area contributed by atoms with Crippen LogP contribution in [0.5, 0.6) is 0 Å². The van der Waals surface area contributed by atoms with Gasteiger partial charge in [-0.05, 0) is 20.8 Å². The second kappa shape index (κ2) is 4.38. The summed E-state index contributed by atoms with van der Waals surface area (Å²) in [5.74, 6) is 0.909. The zero-order chi connectivity index (χ0) is 12.6. The first-order valence-corrected chi connectivity index (χ1v) is 5.87. The second-order valence-electron chi connectivity index (χ2n) is 4.68. The molecule has 1 saturated heterocycles. The average molecular weight is 234 g/mol. The molecule has 17 heavy (non-hydrogen) atoms. The molecule has 0 saturated carbocycles. The minimum Gasteiger partial charge on any atom is -0.372 e. The summed E-state index contributed by atoms with van der Waals surface area (Å²) in [7, 11) is 1.88. The Labute approximate surface area is 102 Å². The molecule has 1 fully saturated rings. The van der Waals surface area contributed by atoms with Crippen LogP contribution in [0.25, 0.3) is 0 Å². The molecule has 2 atom stereocenters. The molecule has 0 spiro atoms. The zero-order valence-corrected chi connectivity index (χ0v) is 10.8. The molecule has 1 aromatic heterocycles. The maximum atomic E-state index is 9.21. The standard InChI is InChI=1S/C12H18N4O/c1-8-6-16(7-9(2)17-8)12-11(5-13)10(3)14-15(12)4/h8-9H,6-7H2,1-4H3. The number of nitriles is 1. The second-order valence-corrected chi connectivity index (χ2v) is 4.68. The molecule has 0 bridgehead atoms. The van der Waals surface area contributed by atoms with E-state index in [1.807, 2.05) is 14.0 Å². The van der Waals surface area contributed by atoms with Crippen LogP contribution in [0.15, 0.2) is 0 Å². The number of nitrogens with zero attached hydrogens (tertiary/aromatic N) is 4. The van der Waals surface area contributed by atoms with Crippen molar-refractivity contribution in [2.75, 3.05) is 18.0 Å². The normalized spacial score (nSPS) is 24.8. The summed E-state index contributed by atoms with van der Waals surface area (Å²) < 4.78 is 7.49. The molecular formula is C12H18N4O. The predicted octanol–water partition coefficient (Wildman–Crippen LogP) is 1.21. The highest BCUT2D eigenvalue weighted by molar-refractivity contribution is 5.57. The Balaban J connectivity index is 2.37. The van der Waals surface area contributed by atoms with Gasteiger partial charge in [-0.25, -0.2) is 0 Å². The van der Waals surface area contributed by atoms with Crippen molar-refractivity contribution >= 4 is 5.82 Å². The molecule has 0 aliphatic carbocycles. The number of aryl methyl sites for hydroxylation is 2. The van der Waals surface area contributed by atoms with Gasteiger partial charge in [-0.15, -0.1) is 0 Å². The summed E-state index contributed by atoms with van der Waals surface area (Å²) in [6.45, 7) is 7.58. The van der Waals surface area contributed by atoms with Crippen molar-refractivity contribution in [2.24, 2.45) is 7.05 Å². The van der Waals surface area contributed by atoms with E-state index in [0.29, 0.717) is 5.56 Å². The molecule has 2 rings (SSSR count). The minimum atomic E-state index is 0.181. The smallest absolute Gasteiger partial charge is 0.145 e. The van der Waals surface area contributed by atoms with E-state index < -0.39 is 0 Å². The molecule has 0 amide bonds. The SMILES string of the molecule is Cc1nn(C)c(N2CC(C)OC(C)C2)c1C#N. The summed E-state index contributed by atoms with van der Waals surface area (Å²) in [6, 6.07) is 2.25. The van der Waals surface area contributed by atoms with Gasteiger partial charge in [-0.2, -0.15) is 10.4 Å². The zero-order valence-electron chi connectivity index (χ0n) is 10.8. The van der Waals surface area contributed by atoms with Gasteiger partial charge in [0.1, 0.15) is 17.5 Å². The van der Waals surface area contributed by atoms with Crippen molar-refractivity contribution in [1.29, 1.82) is 5.26 Å². The van der Waals surface area contributed by atoms with Crippen molar-refractivity contribution in [2.45, 2.75) is 33.0 Å². The number of aromatic nitrogens is 2. The van der Waals surface area contributed by atoms with E-state index in [-0.39, 0.29) is 12.2 Å². The van der Waals surface area contributed by atoms with Crippen LogP contribution >= 0.6 is 0 Å². The quantitative estimate of drug-likeness (QED) is 0.733. The summed E-state index contributed by atoms with van der Waals surface area (Å²) in [6.07, 6.45) is 0.362. The third-order valence-corrected chi connectivity index (χ3v) is 3.02. The van der Waals surface area contributed by atoms with E-state index in [9.17, 15) is 5.26 Å². The van der Waals surface area contributed by atoms with Crippen molar-refractivity contribution < 1.29 is 4.74 Å².